The molecule has 3 heteroatoms. The lowest BCUT2D eigenvalue weighted by atomic mass is 9.90. The molecule has 2 saturated heterocycles. The number of carbonyl (C=O) groups excluding carboxylic acids is 1. The van der Waals surface area contributed by atoms with Crippen LogP contribution in [-0.2, 0) is 4.79 Å². The molecule has 2 aliphatic heterocycles. The average molecular weight is 304 g/mol. The van der Waals surface area contributed by atoms with Gasteiger partial charge in [-0.1, -0.05) is 25.0 Å². The Morgan fingerprint density at radius 2 is 1.77 bits per heavy atom. The fourth-order valence-electron chi connectivity index (χ4n) is 4.37. The molecular formula is C19H32N2O. The summed E-state index contributed by atoms with van der Waals surface area (Å²) in [6.45, 7) is 5.77. The van der Waals surface area contributed by atoms with E-state index < -0.39 is 0 Å². The Balaban J connectivity index is 1.50. The summed E-state index contributed by atoms with van der Waals surface area (Å²) in [4.78, 5) is 17.6. The van der Waals surface area contributed by atoms with Crippen LogP contribution in [0.5, 0.6) is 0 Å². The molecule has 22 heavy (non-hydrogen) atoms. The van der Waals surface area contributed by atoms with Crippen molar-refractivity contribution in [2.45, 2.75) is 57.8 Å². The summed E-state index contributed by atoms with van der Waals surface area (Å²) in [5.74, 6) is 1.40. The van der Waals surface area contributed by atoms with Crippen molar-refractivity contribution in [2.24, 2.45) is 11.8 Å². The van der Waals surface area contributed by atoms with Gasteiger partial charge in [-0.3, -0.25) is 4.79 Å². The van der Waals surface area contributed by atoms with E-state index in [4.69, 9.17) is 0 Å². The molecule has 2 atom stereocenters. The van der Waals surface area contributed by atoms with Crippen molar-refractivity contribution in [1.82, 2.24) is 9.80 Å². The molecule has 0 aromatic heterocycles. The Labute approximate surface area is 135 Å². The summed E-state index contributed by atoms with van der Waals surface area (Å²) in [6.07, 6.45) is 15.6. The van der Waals surface area contributed by atoms with Gasteiger partial charge in [0, 0.05) is 25.6 Å². The third kappa shape index (κ3) is 4.34. The molecule has 0 spiro atoms. The molecule has 124 valence electrons. The van der Waals surface area contributed by atoms with Crippen molar-refractivity contribution in [3.63, 3.8) is 0 Å². The first-order valence-electron chi connectivity index (χ1n) is 9.49. The largest absolute Gasteiger partial charge is 0.342 e. The molecule has 0 unspecified atom stereocenters. The molecule has 1 aliphatic carbocycles. The van der Waals surface area contributed by atoms with Gasteiger partial charge in [-0.2, -0.15) is 0 Å². The zero-order valence-electron chi connectivity index (χ0n) is 14.0. The molecule has 0 aromatic carbocycles. The standard InChI is InChI=1S/C19H32N2O/c22-19(18-10-4-3-5-11-18)21-14-8-9-17(16-21)15-20-12-6-1-2-7-13-20/h3-4,17-18H,1-2,5-16H2/t17-,18-/m0/s1. The summed E-state index contributed by atoms with van der Waals surface area (Å²) in [6, 6.07) is 0. The summed E-state index contributed by atoms with van der Waals surface area (Å²) in [5, 5.41) is 0. The first-order chi connectivity index (χ1) is 10.8. The number of carbonyl (C=O) groups is 1. The monoisotopic (exact) mass is 304 g/mol. The van der Waals surface area contributed by atoms with Gasteiger partial charge in [0.1, 0.15) is 0 Å². The van der Waals surface area contributed by atoms with Crippen molar-refractivity contribution in [3.05, 3.63) is 12.2 Å². The van der Waals surface area contributed by atoms with Crippen molar-refractivity contribution in [3.8, 4) is 0 Å². The smallest absolute Gasteiger partial charge is 0.226 e. The van der Waals surface area contributed by atoms with E-state index in [0.29, 0.717) is 11.8 Å². The van der Waals surface area contributed by atoms with Gasteiger partial charge < -0.3 is 9.80 Å². The lowest BCUT2D eigenvalue weighted by molar-refractivity contribution is -0.137. The Morgan fingerprint density at radius 1 is 0.955 bits per heavy atom. The number of allylic oxidation sites excluding steroid dienone is 2. The van der Waals surface area contributed by atoms with Gasteiger partial charge in [0.15, 0.2) is 0 Å². The zero-order valence-corrected chi connectivity index (χ0v) is 14.0. The van der Waals surface area contributed by atoms with Gasteiger partial charge in [0.05, 0.1) is 0 Å². The predicted molar refractivity (Wildman–Crippen MR) is 90.7 cm³/mol. The van der Waals surface area contributed by atoms with E-state index in [9.17, 15) is 4.79 Å². The van der Waals surface area contributed by atoms with Gasteiger partial charge in [-0.05, 0) is 64.0 Å². The van der Waals surface area contributed by atoms with Crippen LogP contribution in [0.4, 0.5) is 0 Å². The second kappa shape index (κ2) is 8.14. The number of nitrogens with zero attached hydrogens (tertiary/aromatic N) is 2. The summed E-state index contributed by atoms with van der Waals surface area (Å²) < 4.78 is 0. The molecule has 1 amide bonds. The molecule has 0 radical (unpaired) electrons. The molecule has 0 saturated carbocycles. The predicted octanol–water partition coefficient (Wildman–Crippen LogP) is 3.46. The topological polar surface area (TPSA) is 23.6 Å². The highest BCUT2D eigenvalue weighted by Crippen LogP contribution is 2.25. The van der Waals surface area contributed by atoms with Gasteiger partial charge in [-0.15, -0.1) is 0 Å². The van der Waals surface area contributed by atoms with Crippen LogP contribution in [0, 0.1) is 11.8 Å². The summed E-state index contributed by atoms with van der Waals surface area (Å²) >= 11 is 0. The molecule has 0 N–H and O–H groups in total. The Kier molecular flexibility index (Phi) is 5.94. The first kappa shape index (κ1) is 16.0. The van der Waals surface area contributed by atoms with Crippen molar-refractivity contribution in [1.29, 1.82) is 0 Å². The number of hydrogen-bond acceptors (Lipinski definition) is 2. The Bertz CT molecular complexity index is 385. The average Bonchev–Trinajstić information content (AvgIpc) is 2.84. The minimum Gasteiger partial charge on any atom is -0.342 e. The minimum absolute atomic E-state index is 0.266. The lowest BCUT2D eigenvalue weighted by Gasteiger charge is -2.37. The molecule has 3 nitrogen and oxygen atoms in total. The highest BCUT2D eigenvalue weighted by molar-refractivity contribution is 5.79. The molecular weight excluding hydrogens is 272 g/mol. The van der Waals surface area contributed by atoms with Crippen molar-refractivity contribution < 1.29 is 4.79 Å². The van der Waals surface area contributed by atoms with E-state index in [0.717, 1.165) is 32.4 Å². The Morgan fingerprint density at radius 3 is 2.50 bits per heavy atom. The van der Waals surface area contributed by atoms with Crippen LogP contribution in [0.15, 0.2) is 12.2 Å². The third-order valence-corrected chi connectivity index (χ3v) is 5.66. The zero-order chi connectivity index (χ0) is 15.2. The highest BCUT2D eigenvalue weighted by Gasteiger charge is 2.29. The quantitative estimate of drug-likeness (QED) is 0.746. The van der Waals surface area contributed by atoms with E-state index in [1.807, 2.05) is 0 Å². The fraction of sp³-hybridized carbons (Fsp3) is 0.842. The van der Waals surface area contributed by atoms with E-state index in [1.165, 1.54) is 58.2 Å². The van der Waals surface area contributed by atoms with E-state index in [-0.39, 0.29) is 5.92 Å². The maximum Gasteiger partial charge on any atom is 0.226 e. The fourth-order valence-corrected chi connectivity index (χ4v) is 4.37. The molecule has 3 aliphatic rings. The van der Waals surface area contributed by atoms with E-state index in [1.54, 1.807) is 0 Å². The van der Waals surface area contributed by atoms with Crippen molar-refractivity contribution in [2.75, 3.05) is 32.7 Å². The van der Waals surface area contributed by atoms with Crippen LogP contribution in [0.1, 0.15) is 57.8 Å². The van der Waals surface area contributed by atoms with E-state index in [2.05, 4.69) is 22.0 Å². The first-order valence-corrected chi connectivity index (χ1v) is 9.49. The molecule has 0 bridgehead atoms. The number of piperidine rings is 1. The van der Waals surface area contributed by atoms with Gasteiger partial charge in [0.2, 0.25) is 5.91 Å². The highest BCUT2D eigenvalue weighted by atomic mass is 16.2. The lowest BCUT2D eigenvalue weighted by Crippen LogP contribution is -2.46. The summed E-state index contributed by atoms with van der Waals surface area (Å²) in [5.41, 5.74) is 0. The maximum atomic E-state index is 12.7. The van der Waals surface area contributed by atoms with Gasteiger partial charge in [0.25, 0.3) is 0 Å². The second-order valence-electron chi connectivity index (χ2n) is 7.49. The van der Waals surface area contributed by atoms with Crippen LogP contribution in [0.2, 0.25) is 0 Å². The molecule has 2 fully saturated rings. The number of amides is 1. The van der Waals surface area contributed by atoms with E-state index >= 15 is 0 Å². The van der Waals surface area contributed by atoms with Crippen LogP contribution in [-0.4, -0.2) is 48.4 Å². The number of hydrogen-bond donors (Lipinski definition) is 0. The molecule has 0 aromatic rings. The van der Waals surface area contributed by atoms with Gasteiger partial charge >= 0.3 is 0 Å². The van der Waals surface area contributed by atoms with Crippen LogP contribution in [0.25, 0.3) is 0 Å². The molecule has 2 heterocycles. The van der Waals surface area contributed by atoms with Crippen LogP contribution in [0.3, 0.4) is 0 Å². The maximum absolute atomic E-state index is 12.7. The summed E-state index contributed by atoms with van der Waals surface area (Å²) in [7, 11) is 0. The Hall–Kier alpha value is -0.830. The van der Waals surface area contributed by atoms with Crippen LogP contribution >= 0.6 is 0 Å². The van der Waals surface area contributed by atoms with Gasteiger partial charge in [-0.25, -0.2) is 0 Å². The number of likely N-dealkylation sites (tertiary alicyclic amines) is 2. The van der Waals surface area contributed by atoms with Crippen molar-refractivity contribution >= 4 is 5.91 Å². The second-order valence-corrected chi connectivity index (χ2v) is 7.49. The van der Waals surface area contributed by atoms with Crippen LogP contribution < -0.4 is 0 Å². The third-order valence-electron chi connectivity index (χ3n) is 5.66. The molecule has 3 rings (SSSR count). The minimum atomic E-state index is 0.266. The SMILES string of the molecule is O=C([C@H]1CC=CCC1)N1CCC[C@@H](CN2CCCCCC2)C1. The normalized spacial score (nSPS) is 31.0. The number of rotatable bonds is 3.